The third-order valence-electron chi connectivity index (χ3n) is 4.09. The van der Waals surface area contributed by atoms with Crippen LogP contribution in [0.25, 0.3) is 0 Å². The summed E-state index contributed by atoms with van der Waals surface area (Å²) in [6, 6.07) is 9.51. The summed E-state index contributed by atoms with van der Waals surface area (Å²) < 4.78 is 25.6. The molecule has 1 aromatic carbocycles. The number of rotatable bonds is 6. The molecule has 146 valence electrons. The number of nitrogens with one attached hydrogen (secondary N) is 1. The van der Waals surface area contributed by atoms with E-state index >= 15 is 0 Å². The number of ether oxygens (including phenoxy) is 2. The summed E-state index contributed by atoms with van der Waals surface area (Å²) in [4.78, 5) is 21.5. The number of carbonyl (C=O) groups is 1. The third-order valence-corrected chi connectivity index (χ3v) is 4.81. The molecule has 0 saturated heterocycles. The second-order valence-corrected chi connectivity index (χ2v) is 6.76. The lowest BCUT2D eigenvalue weighted by molar-refractivity contribution is -0.139. The lowest BCUT2D eigenvalue weighted by Gasteiger charge is -2.27. The minimum absolute atomic E-state index is 0.0658. The third kappa shape index (κ3) is 4.13. The van der Waals surface area contributed by atoms with Gasteiger partial charge in [0.15, 0.2) is 11.7 Å². The number of esters is 1. The Labute approximate surface area is 170 Å². The van der Waals surface area contributed by atoms with Crippen molar-refractivity contribution in [3.8, 4) is 0 Å². The summed E-state index contributed by atoms with van der Waals surface area (Å²) >= 11 is 3.51. The fourth-order valence-corrected chi connectivity index (χ4v) is 3.41. The second-order valence-electron chi connectivity index (χ2n) is 5.91. The zero-order valence-electron chi connectivity index (χ0n) is 15.4. The molecule has 0 spiro atoms. The smallest absolute Gasteiger partial charge is 0.338 e. The highest BCUT2D eigenvalue weighted by molar-refractivity contribution is 9.10. The average Bonchev–Trinajstić information content (AvgIpc) is 2.68. The Bertz CT molecular complexity index is 946. The summed E-state index contributed by atoms with van der Waals surface area (Å²) in [5, 5.41) is 3.01. The fourth-order valence-electron chi connectivity index (χ4n) is 2.91. The van der Waals surface area contributed by atoms with E-state index in [0.717, 1.165) is 10.0 Å². The molecule has 1 aliphatic rings. The van der Waals surface area contributed by atoms with Gasteiger partial charge in [0.2, 0.25) is 0 Å². The molecule has 1 aliphatic heterocycles. The van der Waals surface area contributed by atoms with E-state index in [9.17, 15) is 9.18 Å². The number of methoxy groups -OCH3 is 1. The zero-order chi connectivity index (χ0) is 20.1. The first-order chi connectivity index (χ1) is 13.6. The molecule has 3 rings (SSSR count). The number of aromatic nitrogens is 1. The van der Waals surface area contributed by atoms with Gasteiger partial charge in [0.1, 0.15) is 11.7 Å². The Morgan fingerprint density at radius 1 is 1.29 bits per heavy atom. The van der Waals surface area contributed by atoms with Crippen molar-refractivity contribution in [2.45, 2.75) is 13.0 Å². The first-order valence-electron chi connectivity index (χ1n) is 8.66. The van der Waals surface area contributed by atoms with Gasteiger partial charge in [0.25, 0.3) is 0 Å². The highest BCUT2D eigenvalue weighted by Crippen LogP contribution is 2.36. The highest BCUT2D eigenvalue weighted by atomic mass is 79.9. The molecule has 0 saturated carbocycles. The maximum absolute atomic E-state index is 14.3. The van der Waals surface area contributed by atoms with Crippen LogP contribution >= 0.6 is 15.9 Å². The number of amidine groups is 1. The van der Waals surface area contributed by atoms with Gasteiger partial charge in [-0.05, 0) is 30.7 Å². The number of pyridine rings is 1. The first-order valence-corrected chi connectivity index (χ1v) is 9.45. The summed E-state index contributed by atoms with van der Waals surface area (Å²) in [7, 11) is 1.51. The van der Waals surface area contributed by atoms with Crippen molar-refractivity contribution in [1.29, 1.82) is 0 Å². The Hall–Kier alpha value is -2.58. The molecule has 8 heteroatoms. The van der Waals surface area contributed by atoms with E-state index in [1.54, 1.807) is 6.92 Å². The van der Waals surface area contributed by atoms with Gasteiger partial charge in [-0.1, -0.05) is 34.1 Å². The van der Waals surface area contributed by atoms with Gasteiger partial charge in [0, 0.05) is 17.8 Å². The number of benzene rings is 1. The van der Waals surface area contributed by atoms with Crippen LogP contribution in [-0.4, -0.2) is 37.1 Å². The number of hydrogen-bond acceptors (Lipinski definition) is 6. The molecule has 2 heterocycles. The van der Waals surface area contributed by atoms with Crippen LogP contribution in [0.1, 0.15) is 24.2 Å². The highest BCUT2D eigenvalue weighted by Gasteiger charge is 2.34. The largest absolute Gasteiger partial charge is 0.463 e. The van der Waals surface area contributed by atoms with E-state index in [0.29, 0.717) is 11.3 Å². The lowest BCUT2D eigenvalue weighted by atomic mass is 9.95. The van der Waals surface area contributed by atoms with Crippen LogP contribution in [0, 0.1) is 5.82 Å². The second kappa shape index (κ2) is 9.07. The van der Waals surface area contributed by atoms with Gasteiger partial charge in [-0.15, -0.1) is 0 Å². The summed E-state index contributed by atoms with van der Waals surface area (Å²) in [5.41, 5.74) is 1.58. The monoisotopic (exact) mass is 447 g/mol. The number of aliphatic imine (C=N–C) groups is 1. The zero-order valence-corrected chi connectivity index (χ0v) is 17.0. The van der Waals surface area contributed by atoms with Crippen molar-refractivity contribution in [3.63, 3.8) is 0 Å². The Morgan fingerprint density at radius 2 is 2.07 bits per heavy atom. The molecule has 0 aliphatic carbocycles. The molecule has 1 unspecified atom stereocenters. The number of carbonyl (C=O) groups excluding carboxylic acids is 1. The van der Waals surface area contributed by atoms with Crippen molar-refractivity contribution in [1.82, 2.24) is 10.3 Å². The van der Waals surface area contributed by atoms with Gasteiger partial charge in [0.05, 0.1) is 24.5 Å². The van der Waals surface area contributed by atoms with E-state index in [2.05, 4.69) is 31.2 Å². The SMILES string of the molecule is CCOC(=O)C1=C(COC)NC(c2ncccc2F)=NC1c1ccccc1Br. The maximum Gasteiger partial charge on any atom is 0.338 e. The Balaban J connectivity index is 2.18. The molecule has 0 bridgehead atoms. The maximum atomic E-state index is 14.3. The van der Waals surface area contributed by atoms with Crippen molar-refractivity contribution in [2.75, 3.05) is 20.3 Å². The first kappa shape index (κ1) is 20.2. The summed E-state index contributed by atoms with van der Waals surface area (Å²) in [5.74, 6) is -0.804. The Morgan fingerprint density at radius 3 is 2.75 bits per heavy atom. The van der Waals surface area contributed by atoms with Crippen molar-refractivity contribution in [2.24, 2.45) is 4.99 Å². The van der Waals surface area contributed by atoms with Crippen LogP contribution in [0.5, 0.6) is 0 Å². The molecule has 6 nitrogen and oxygen atoms in total. The summed E-state index contributed by atoms with van der Waals surface area (Å²) in [6.07, 6.45) is 1.48. The van der Waals surface area contributed by atoms with E-state index in [1.807, 2.05) is 24.3 Å². The van der Waals surface area contributed by atoms with E-state index in [-0.39, 0.29) is 24.7 Å². The van der Waals surface area contributed by atoms with Crippen LogP contribution in [0.15, 0.2) is 63.3 Å². The standard InChI is InChI=1S/C20H19BrFN3O3/c1-3-28-20(26)16-15(11-27-2)24-19(18-14(22)9-6-10-23-18)25-17(16)12-7-4-5-8-13(12)21/h4-10,17H,3,11H2,1-2H3,(H,24,25). The molecule has 1 aromatic heterocycles. The van der Waals surface area contributed by atoms with Crippen LogP contribution in [0.4, 0.5) is 4.39 Å². The molecule has 28 heavy (non-hydrogen) atoms. The molecular formula is C20H19BrFN3O3. The summed E-state index contributed by atoms with van der Waals surface area (Å²) in [6.45, 7) is 2.05. The average molecular weight is 448 g/mol. The van der Waals surface area contributed by atoms with E-state index in [1.165, 1.54) is 25.4 Å². The number of nitrogens with zero attached hydrogens (tertiary/aromatic N) is 2. The topological polar surface area (TPSA) is 72.8 Å². The number of hydrogen-bond donors (Lipinski definition) is 1. The van der Waals surface area contributed by atoms with Crippen LogP contribution in [0.3, 0.4) is 0 Å². The Kier molecular flexibility index (Phi) is 6.53. The molecule has 0 radical (unpaired) electrons. The van der Waals surface area contributed by atoms with Gasteiger partial charge in [-0.3, -0.25) is 4.99 Å². The van der Waals surface area contributed by atoms with Gasteiger partial charge in [-0.2, -0.15) is 0 Å². The fraction of sp³-hybridized carbons (Fsp3) is 0.250. The molecule has 0 fully saturated rings. The minimum atomic E-state index is -0.711. The van der Waals surface area contributed by atoms with Crippen LogP contribution < -0.4 is 5.32 Å². The van der Waals surface area contributed by atoms with Crippen molar-refractivity contribution < 1.29 is 18.7 Å². The normalized spacial score (nSPS) is 16.4. The molecule has 1 atom stereocenters. The van der Waals surface area contributed by atoms with Gasteiger partial charge >= 0.3 is 5.97 Å². The predicted molar refractivity (Wildman–Crippen MR) is 106 cm³/mol. The van der Waals surface area contributed by atoms with E-state index in [4.69, 9.17) is 9.47 Å². The lowest BCUT2D eigenvalue weighted by Crippen LogP contribution is -2.36. The van der Waals surface area contributed by atoms with Gasteiger partial charge < -0.3 is 14.8 Å². The molecular weight excluding hydrogens is 429 g/mol. The molecule has 0 amide bonds. The van der Waals surface area contributed by atoms with E-state index < -0.39 is 17.8 Å². The molecule has 1 N–H and O–H groups in total. The predicted octanol–water partition coefficient (Wildman–Crippen LogP) is 3.54. The quantitative estimate of drug-likeness (QED) is 0.685. The van der Waals surface area contributed by atoms with Crippen molar-refractivity contribution in [3.05, 3.63) is 75.4 Å². The molecule has 2 aromatic rings. The van der Waals surface area contributed by atoms with Crippen LogP contribution in [0.2, 0.25) is 0 Å². The van der Waals surface area contributed by atoms with Gasteiger partial charge in [-0.25, -0.2) is 14.2 Å². The van der Waals surface area contributed by atoms with Crippen LogP contribution in [-0.2, 0) is 14.3 Å². The number of halogens is 2. The minimum Gasteiger partial charge on any atom is -0.463 e. The van der Waals surface area contributed by atoms with Crippen molar-refractivity contribution >= 4 is 27.7 Å².